The van der Waals surface area contributed by atoms with Crippen molar-refractivity contribution in [1.82, 2.24) is 4.90 Å². The van der Waals surface area contributed by atoms with Crippen molar-refractivity contribution in [2.24, 2.45) is 5.92 Å². The summed E-state index contributed by atoms with van der Waals surface area (Å²) in [7, 11) is 0. The Bertz CT molecular complexity index is 539. The Balaban J connectivity index is 1.92. The Labute approximate surface area is 106 Å². The maximum Gasteiger partial charge on any atom is 0.263 e. The van der Waals surface area contributed by atoms with Gasteiger partial charge in [0.1, 0.15) is 0 Å². The largest absolute Gasteiger partial charge is 0.398 e. The van der Waals surface area contributed by atoms with Gasteiger partial charge in [0.25, 0.3) is 11.8 Å². The van der Waals surface area contributed by atoms with Crippen molar-refractivity contribution < 1.29 is 9.59 Å². The smallest absolute Gasteiger partial charge is 0.263 e. The molecular formula is C14H16N2O2. The van der Waals surface area contributed by atoms with Crippen LogP contribution in [-0.4, -0.2) is 22.8 Å². The number of carbonyl (C=O) groups excluding carboxylic acids is 2. The third kappa shape index (κ3) is 1.45. The number of rotatable bonds is 3. The van der Waals surface area contributed by atoms with Crippen LogP contribution in [0, 0.1) is 5.92 Å². The summed E-state index contributed by atoms with van der Waals surface area (Å²) in [5, 5.41) is 0. The van der Waals surface area contributed by atoms with Crippen LogP contribution in [0.3, 0.4) is 0 Å². The number of benzene rings is 1. The van der Waals surface area contributed by atoms with Gasteiger partial charge in [-0.05, 0) is 30.9 Å². The summed E-state index contributed by atoms with van der Waals surface area (Å²) in [6.07, 6.45) is 3.11. The molecule has 2 amide bonds. The SMILES string of the molecule is CCCC1CC1N1C(=O)c2cccc(N)c2C1=O. The second-order valence-corrected chi connectivity index (χ2v) is 5.10. The lowest BCUT2D eigenvalue weighted by molar-refractivity contribution is 0.0634. The minimum absolute atomic E-state index is 0.0942. The molecule has 3 rings (SSSR count). The minimum atomic E-state index is -0.211. The number of hydrogen-bond acceptors (Lipinski definition) is 3. The highest BCUT2D eigenvalue weighted by Gasteiger charge is 2.50. The molecule has 0 saturated heterocycles. The van der Waals surface area contributed by atoms with Crippen molar-refractivity contribution in [2.45, 2.75) is 32.2 Å². The van der Waals surface area contributed by atoms with Crippen LogP contribution in [0.25, 0.3) is 0 Å². The monoisotopic (exact) mass is 244 g/mol. The van der Waals surface area contributed by atoms with Crippen molar-refractivity contribution in [3.8, 4) is 0 Å². The van der Waals surface area contributed by atoms with Crippen LogP contribution in [0.15, 0.2) is 18.2 Å². The lowest BCUT2D eigenvalue weighted by atomic mass is 10.1. The van der Waals surface area contributed by atoms with Crippen molar-refractivity contribution >= 4 is 17.5 Å². The van der Waals surface area contributed by atoms with Gasteiger partial charge in [0.2, 0.25) is 0 Å². The third-order valence-electron chi connectivity index (χ3n) is 3.85. The van der Waals surface area contributed by atoms with E-state index >= 15 is 0 Å². The summed E-state index contributed by atoms with van der Waals surface area (Å²) in [5.41, 5.74) is 7.06. The third-order valence-corrected chi connectivity index (χ3v) is 3.85. The number of nitrogen functional groups attached to an aromatic ring is 1. The van der Waals surface area contributed by atoms with Crippen LogP contribution in [0.4, 0.5) is 5.69 Å². The van der Waals surface area contributed by atoms with Crippen molar-refractivity contribution in [1.29, 1.82) is 0 Å². The highest BCUT2D eigenvalue weighted by Crippen LogP contribution is 2.43. The zero-order valence-corrected chi connectivity index (χ0v) is 10.3. The molecule has 4 nitrogen and oxygen atoms in total. The van der Waals surface area contributed by atoms with Crippen LogP contribution >= 0.6 is 0 Å². The summed E-state index contributed by atoms with van der Waals surface area (Å²) < 4.78 is 0. The van der Waals surface area contributed by atoms with Gasteiger partial charge in [0.15, 0.2) is 0 Å². The summed E-state index contributed by atoms with van der Waals surface area (Å²) >= 11 is 0. The fraction of sp³-hybridized carbons (Fsp3) is 0.429. The molecule has 4 heteroatoms. The molecule has 0 spiro atoms. The standard InChI is InChI=1S/C14H16N2O2/c1-2-4-8-7-11(8)16-13(17)9-5-3-6-10(15)12(9)14(16)18/h3,5-6,8,11H,2,4,7,15H2,1H3. The van der Waals surface area contributed by atoms with Gasteiger partial charge in [-0.1, -0.05) is 19.4 Å². The maximum absolute atomic E-state index is 12.3. The fourth-order valence-electron chi connectivity index (χ4n) is 2.86. The molecule has 0 aromatic heterocycles. The van der Waals surface area contributed by atoms with Gasteiger partial charge in [-0.15, -0.1) is 0 Å². The molecule has 1 aromatic rings. The van der Waals surface area contributed by atoms with E-state index in [4.69, 9.17) is 5.73 Å². The van der Waals surface area contributed by atoms with E-state index in [-0.39, 0.29) is 17.9 Å². The van der Waals surface area contributed by atoms with E-state index in [1.165, 1.54) is 4.90 Å². The van der Waals surface area contributed by atoms with Gasteiger partial charge in [-0.3, -0.25) is 14.5 Å². The molecule has 2 atom stereocenters. The van der Waals surface area contributed by atoms with E-state index in [1.54, 1.807) is 18.2 Å². The average molecular weight is 244 g/mol. The molecule has 2 unspecified atom stereocenters. The van der Waals surface area contributed by atoms with E-state index in [0.29, 0.717) is 22.7 Å². The van der Waals surface area contributed by atoms with Crippen LogP contribution in [0.5, 0.6) is 0 Å². The second kappa shape index (κ2) is 3.83. The number of imide groups is 1. The molecular weight excluding hydrogens is 228 g/mol. The number of hydrogen-bond donors (Lipinski definition) is 1. The Kier molecular flexibility index (Phi) is 2.40. The lowest BCUT2D eigenvalue weighted by Crippen LogP contribution is -2.33. The first kappa shape index (κ1) is 11.3. The molecule has 94 valence electrons. The van der Waals surface area contributed by atoms with Crippen molar-refractivity contribution in [3.05, 3.63) is 29.3 Å². The fourth-order valence-corrected chi connectivity index (χ4v) is 2.86. The molecule has 2 aliphatic rings. The van der Waals surface area contributed by atoms with Gasteiger partial charge in [0.05, 0.1) is 11.1 Å². The van der Waals surface area contributed by atoms with Gasteiger partial charge in [-0.25, -0.2) is 0 Å². The molecule has 18 heavy (non-hydrogen) atoms. The Morgan fingerprint density at radius 2 is 2.11 bits per heavy atom. The number of carbonyl (C=O) groups is 2. The summed E-state index contributed by atoms with van der Waals surface area (Å²) in [6, 6.07) is 5.17. The van der Waals surface area contributed by atoms with E-state index in [2.05, 4.69) is 6.92 Å². The van der Waals surface area contributed by atoms with Crippen molar-refractivity contribution in [2.75, 3.05) is 5.73 Å². The average Bonchev–Trinajstić information content (AvgIpc) is 3.02. The quantitative estimate of drug-likeness (QED) is 0.653. The molecule has 1 aliphatic carbocycles. The summed E-state index contributed by atoms with van der Waals surface area (Å²) in [6.45, 7) is 2.12. The van der Waals surface area contributed by atoms with E-state index in [1.807, 2.05) is 0 Å². The highest BCUT2D eigenvalue weighted by atomic mass is 16.2. The topological polar surface area (TPSA) is 63.4 Å². The van der Waals surface area contributed by atoms with Crippen LogP contribution in [0.2, 0.25) is 0 Å². The zero-order valence-electron chi connectivity index (χ0n) is 10.3. The number of nitrogens with zero attached hydrogens (tertiary/aromatic N) is 1. The normalized spacial score (nSPS) is 25.5. The van der Waals surface area contributed by atoms with E-state index in [0.717, 1.165) is 19.3 Å². The van der Waals surface area contributed by atoms with E-state index < -0.39 is 0 Å². The molecule has 2 N–H and O–H groups in total. The van der Waals surface area contributed by atoms with E-state index in [9.17, 15) is 9.59 Å². The predicted molar refractivity (Wildman–Crippen MR) is 68.2 cm³/mol. The molecule has 1 saturated carbocycles. The minimum Gasteiger partial charge on any atom is -0.398 e. The number of nitrogens with two attached hydrogens (primary N) is 1. The first-order valence-electron chi connectivity index (χ1n) is 6.41. The first-order chi connectivity index (χ1) is 8.65. The second-order valence-electron chi connectivity index (χ2n) is 5.10. The number of anilines is 1. The Hall–Kier alpha value is -1.84. The highest BCUT2D eigenvalue weighted by molar-refractivity contribution is 6.23. The predicted octanol–water partition coefficient (Wildman–Crippen LogP) is 2.05. The first-order valence-corrected chi connectivity index (χ1v) is 6.41. The van der Waals surface area contributed by atoms with Gasteiger partial charge >= 0.3 is 0 Å². The van der Waals surface area contributed by atoms with Crippen molar-refractivity contribution in [3.63, 3.8) is 0 Å². The molecule has 1 aromatic carbocycles. The maximum atomic E-state index is 12.3. The number of amides is 2. The van der Waals surface area contributed by atoms with Gasteiger partial charge in [-0.2, -0.15) is 0 Å². The van der Waals surface area contributed by atoms with Crippen LogP contribution < -0.4 is 5.73 Å². The summed E-state index contributed by atoms with van der Waals surface area (Å²) in [4.78, 5) is 25.9. The number of fused-ring (bicyclic) bond motifs is 1. The van der Waals surface area contributed by atoms with Gasteiger partial charge < -0.3 is 5.73 Å². The molecule has 1 heterocycles. The molecule has 1 aliphatic heterocycles. The van der Waals surface area contributed by atoms with Gasteiger partial charge in [0, 0.05) is 11.7 Å². The molecule has 0 bridgehead atoms. The molecule has 0 radical (unpaired) electrons. The molecule has 1 fully saturated rings. The Morgan fingerprint density at radius 3 is 2.78 bits per heavy atom. The zero-order chi connectivity index (χ0) is 12.9. The van der Waals surface area contributed by atoms with Crippen LogP contribution in [-0.2, 0) is 0 Å². The van der Waals surface area contributed by atoms with Crippen LogP contribution in [0.1, 0.15) is 46.9 Å². The summed E-state index contributed by atoms with van der Waals surface area (Å²) in [5.74, 6) is 0.0982. The Morgan fingerprint density at radius 1 is 1.33 bits per heavy atom. The lowest BCUT2D eigenvalue weighted by Gasteiger charge is -2.13.